The normalized spacial score (nSPS) is 10.6. The minimum Gasteiger partial charge on any atom is -0.378 e. The molecule has 0 amide bonds. The Hall–Kier alpha value is -2.48. The number of anilines is 1. The summed E-state index contributed by atoms with van der Waals surface area (Å²) in [5.41, 5.74) is 0.463. The van der Waals surface area contributed by atoms with Crippen molar-refractivity contribution in [2.75, 3.05) is 19.0 Å². The fraction of sp³-hybridized carbons (Fsp3) is 0.294. The second kappa shape index (κ2) is 7.18. The van der Waals surface area contributed by atoms with Crippen LogP contribution in [-0.2, 0) is 5.33 Å². The minimum absolute atomic E-state index is 0.0823. The summed E-state index contributed by atoms with van der Waals surface area (Å²) in [5.74, 6) is -1.68. The van der Waals surface area contributed by atoms with Crippen molar-refractivity contribution >= 4 is 39.2 Å². The topological polar surface area (TPSA) is 81.4 Å². The SMILES string of the molecule is CC(=O)n1c(CBr)c(C(=O)c2ccc(N(C)C)cc2)n(C(C)=O)c1=O. The fourth-order valence-electron chi connectivity index (χ4n) is 2.57. The molecule has 8 heteroatoms. The maximum atomic E-state index is 12.9. The molecule has 2 aromatic rings. The molecule has 0 fully saturated rings. The first kappa shape index (κ1) is 18.9. The lowest BCUT2D eigenvalue weighted by atomic mass is 10.1. The molecule has 1 aromatic heterocycles. The molecule has 0 aliphatic heterocycles. The van der Waals surface area contributed by atoms with Crippen LogP contribution in [0.5, 0.6) is 0 Å². The zero-order valence-electron chi connectivity index (χ0n) is 14.4. The number of hydrogen-bond acceptors (Lipinski definition) is 5. The number of rotatable bonds is 4. The zero-order chi connectivity index (χ0) is 18.9. The van der Waals surface area contributed by atoms with Crippen molar-refractivity contribution in [3.8, 4) is 0 Å². The lowest BCUT2D eigenvalue weighted by Gasteiger charge is -2.12. The van der Waals surface area contributed by atoms with Crippen LogP contribution in [0.25, 0.3) is 0 Å². The Morgan fingerprint density at radius 2 is 1.52 bits per heavy atom. The molecule has 0 saturated carbocycles. The van der Waals surface area contributed by atoms with Crippen molar-refractivity contribution in [1.29, 1.82) is 0 Å². The molecule has 0 radical (unpaired) electrons. The third-order valence-corrected chi connectivity index (χ3v) is 4.30. The minimum atomic E-state index is -0.831. The first-order valence-electron chi connectivity index (χ1n) is 7.47. The highest BCUT2D eigenvalue weighted by molar-refractivity contribution is 9.08. The number of imidazole rings is 1. The Morgan fingerprint density at radius 3 is 1.92 bits per heavy atom. The maximum Gasteiger partial charge on any atom is 0.342 e. The van der Waals surface area contributed by atoms with Gasteiger partial charge in [-0.05, 0) is 24.3 Å². The molecule has 0 aliphatic rings. The van der Waals surface area contributed by atoms with E-state index in [1.165, 1.54) is 13.8 Å². The summed E-state index contributed by atoms with van der Waals surface area (Å²) in [6, 6.07) is 6.77. The largest absolute Gasteiger partial charge is 0.378 e. The fourth-order valence-corrected chi connectivity index (χ4v) is 3.08. The van der Waals surface area contributed by atoms with Gasteiger partial charge in [0.2, 0.25) is 17.6 Å². The monoisotopic (exact) mass is 407 g/mol. The van der Waals surface area contributed by atoms with Gasteiger partial charge in [-0.1, -0.05) is 15.9 Å². The van der Waals surface area contributed by atoms with Crippen molar-refractivity contribution in [1.82, 2.24) is 9.13 Å². The number of nitrogens with zero attached hydrogens (tertiary/aromatic N) is 3. The Bertz CT molecular complexity index is 907. The second-order valence-corrected chi connectivity index (χ2v) is 6.25. The van der Waals surface area contributed by atoms with Gasteiger partial charge in [-0.25, -0.2) is 13.9 Å². The van der Waals surface area contributed by atoms with Gasteiger partial charge in [0.15, 0.2) is 0 Å². The Kier molecular flexibility index (Phi) is 5.42. The van der Waals surface area contributed by atoms with Gasteiger partial charge >= 0.3 is 5.69 Å². The summed E-state index contributed by atoms with van der Waals surface area (Å²) >= 11 is 3.20. The highest BCUT2D eigenvalue weighted by Gasteiger charge is 2.28. The number of ketones is 1. The molecular formula is C17H18BrN3O4. The van der Waals surface area contributed by atoms with E-state index in [-0.39, 0.29) is 16.7 Å². The van der Waals surface area contributed by atoms with Gasteiger partial charge in [-0.15, -0.1) is 0 Å². The van der Waals surface area contributed by atoms with E-state index in [1.807, 2.05) is 19.0 Å². The van der Waals surface area contributed by atoms with Crippen LogP contribution in [-0.4, -0.2) is 40.8 Å². The van der Waals surface area contributed by atoms with E-state index in [0.29, 0.717) is 5.56 Å². The number of hydrogen-bond donors (Lipinski definition) is 0. The van der Waals surface area contributed by atoms with Crippen molar-refractivity contribution in [3.63, 3.8) is 0 Å². The Balaban J connectivity index is 2.70. The summed E-state index contributed by atoms with van der Waals surface area (Å²) in [7, 11) is 3.75. The smallest absolute Gasteiger partial charge is 0.342 e. The van der Waals surface area contributed by atoms with E-state index in [0.717, 1.165) is 14.8 Å². The standard InChI is InChI=1S/C17H18BrN3O4/c1-10(22)20-14(9-18)15(21(11(2)23)17(20)25)16(24)12-5-7-13(8-6-12)19(3)4/h5-8H,9H2,1-4H3. The van der Waals surface area contributed by atoms with E-state index in [9.17, 15) is 19.2 Å². The molecule has 0 saturated heterocycles. The average Bonchev–Trinajstić information content (AvgIpc) is 2.86. The number of alkyl halides is 1. The number of carbonyl (C=O) groups excluding carboxylic acids is 3. The van der Waals surface area contributed by atoms with E-state index < -0.39 is 23.3 Å². The number of carbonyl (C=O) groups is 3. The third kappa shape index (κ3) is 3.34. The highest BCUT2D eigenvalue weighted by atomic mass is 79.9. The van der Waals surface area contributed by atoms with Crippen molar-refractivity contribution in [2.24, 2.45) is 0 Å². The number of benzene rings is 1. The van der Waals surface area contributed by atoms with Crippen LogP contribution < -0.4 is 10.6 Å². The van der Waals surface area contributed by atoms with Crippen LogP contribution >= 0.6 is 15.9 Å². The molecule has 132 valence electrons. The first-order chi connectivity index (χ1) is 11.7. The van der Waals surface area contributed by atoms with Crippen LogP contribution in [0.3, 0.4) is 0 Å². The lowest BCUT2D eigenvalue weighted by molar-refractivity contribution is 0.0905. The van der Waals surface area contributed by atoms with Gasteiger partial charge in [0, 0.05) is 44.5 Å². The molecular weight excluding hydrogens is 390 g/mol. The molecule has 1 aromatic carbocycles. The molecule has 0 unspecified atom stereocenters. The van der Waals surface area contributed by atoms with Gasteiger partial charge in [0.05, 0.1) is 5.69 Å². The van der Waals surface area contributed by atoms with Crippen molar-refractivity contribution in [3.05, 3.63) is 51.7 Å². The van der Waals surface area contributed by atoms with Crippen LogP contribution in [0.15, 0.2) is 29.1 Å². The van der Waals surface area contributed by atoms with Gasteiger partial charge in [-0.3, -0.25) is 14.4 Å². The molecule has 0 atom stereocenters. The van der Waals surface area contributed by atoms with Crippen molar-refractivity contribution in [2.45, 2.75) is 19.2 Å². The molecule has 0 bridgehead atoms. The molecule has 1 heterocycles. The summed E-state index contributed by atoms with van der Waals surface area (Å²) < 4.78 is 1.59. The summed E-state index contributed by atoms with van der Waals surface area (Å²) in [4.78, 5) is 51.0. The van der Waals surface area contributed by atoms with Gasteiger partial charge in [0.1, 0.15) is 5.69 Å². The first-order valence-corrected chi connectivity index (χ1v) is 8.59. The summed E-state index contributed by atoms with van der Waals surface area (Å²) in [6.45, 7) is 2.38. The van der Waals surface area contributed by atoms with E-state index in [2.05, 4.69) is 15.9 Å². The Labute approximate surface area is 153 Å². The van der Waals surface area contributed by atoms with Crippen LogP contribution in [0.2, 0.25) is 0 Å². The highest BCUT2D eigenvalue weighted by Crippen LogP contribution is 2.19. The Morgan fingerprint density at radius 1 is 1.00 bits per heavy atom. The predicted octanol–water partition coefficient (Wildman–Crippen LogP) is 2.16. The zero-order valence-corrected chi connectivity index (χ0v) is 16.0. The van der Waals surface area contributed by atoms with Crippen molar-refractivity contribution < 1.29 is 14.4 Å². The van der Waals surface area contributed by atoms with Gasteiger partial charge < -0.3 is 4.90 Å². The molecule has 0 aliphatic carbocycles. The van der Waals surface area contributed by atoms with Crippen LogP contribution in [0.1, 0.15) is 45.2 Å². The van der Waals surface area contributed by atoms with Gasteiger partial charge in [-0.2, -0.15) is 0 Å². The van der Waals surface area contributed by atoms with Crippen LogP contribution in [0.4, 0.5) is 5.69 Å². The quantitative estimate of drug-likeness (QED) is 0.572. The van der Waals surface area contributed by atoms with Crippen LogP contribution in [0, 0.1) is 0 Å². The summed E-state index contributed by atoms with van der Waals surface area (Å²) in [6.07, 6.45) is 0. The van der Waals surface area contributed by atoms with E-state index in [1.54, 1.807) is 24.3 Å². The molecule has 25 heavy (non-hydrogen) atoms. The molecule has 2 rings (SSSR count). The summed E-state index contributed by atoms with van der Waals surface area (Å²) in [5, 5.41) is 0.0823. The number of aromatic nitrogens is 2. The van der Waals surface area contributed by atoms with E-state index >= 15 is 0 Å². The number of halogens is 1. The average molecular weight is 408 g/mol. The molecule has 7 nitrogen and oxygen atoms in total. The third-order valence-electron chi connectivity index (χ3n) is 3.77. The molecule has 0 N–H and O–H groups in total. The van der Waals surface area contributed by atoms with E-state index in [4.69, 9.17) is 0 Å². The second-order valence-electron chi connectivity index (χ2n) is 5.69. The lowest BCUT2D eigenvalue weighted by Crippen LogP contribution is -2.31. The maximum absolute atomic E-state index is 12.9. The predicted molar refractivity (Wildman–Crippen MR) is 98.1 cm³/mol. The molecule has 0 spiro atoms. The van der Waals surface area contributed by atoms with Gasteiger partial charge in [0.25, 0.3) is 0 Å².